The Hall–Kier alpha value is -2.66. The van der Waals surface area contributed by atoms with Crippen molar-refractivity contribution >= 4 is 11.7 Å². The summed E-state index contributed by atoms with van der Waals surface area (Å²) in [6, 6.07) is 18.9. The minimum absolute atomic E-state index is 0.234. The Balaban J connectivity index is 1.45. The van der Waals surface area contributed by atoms with Crippen LogP contribution in [0.4, 0.5) is 0 Å². The van der Waals surface area contributed by atoms with Crippen LogP contribution in [0.15, 0.2) is 59.8 Å². The molecule has 0 saturated carbocycles. The number of hydrogen-bond donors (Lipinski definition) is 1. The third kappa shape index (κ3) is 4.67. The SMILES string of the molecule is O=C(O)[C@@H]1CCCN(CCO/N=C2\c3ccccc3CCC2c2ccccc2)C1. The van der Waals surface area contributed by atoms with Crippen molar-refractivity contribution in [3.63, 3.8) is 0 Å². The highest BCUT2D eigenvalue weighted by Crippen LogP contribution is 2.33. The van der Waals surface area contributed by atoms with Crippen LogP contribution in [-0.2, 0) is 16.1 Å². The molecule has 1 fully saturated rings. The molecule has 1 aliphatic heterocycles. The molecule has 0 amide bonds. The molecule has 2 aromatic carbocycles. The first-order chi connectivity index (χ1) is 14.2. The van der Waals surface area contributed by atoms with Gasteiger partial charge in [0.15, 0.2) is 0 Å². The molecule has 29 heavy (non-hydrogen) atoms. The first-order valence-electron chi connectivity index (χ1n) is 10.5. The molecule has 0 bridgehead atoms. The van der Waals surface area contributed by atoms with Crippen LogP contribution in [0.25, 0.3) is 0 Å². The van der Waals surface area contributed by atoms with Crippen molar-refractivity contribution in [2.45, 2.75) is 31.6 Å². The first-order valence-corrected chi connectivity index (χ1v) is 10.5. The fourth-order valence-corrected chi connectivity index (χ4v) is 4.48. The summed E-state index contributed by atoms with van der Waals surface area (Å²) >= 11 is 0. The number of rotatable bonds is 6. The number of carboxylic acid groups (broad SMARTS) is 1. The molecule has 1 saturated heterocycles. The molecule has 4 rings (SSSR count). The fourth-order valence-electron chi connectivity index (χ4n) is 4.48. The van der Waals surface area contributed by atoms with Gasteiger partial charge in [-0.15, -0.1) is 0 Å². The second-order valence-electron chi connectivity index (χ2n) is 7.95. The lowest BCUT2D eigenvalue weighted by atomic mass is 9.78. The van der Waals surface area contributed by atoms with Gasteiger partial charge in [0.25, 0.3) is 0 Å². The van der Waals surface area contributed by atoms with Crippen LogP contribution in [0.1, 0.15) is 41.9 Å². The van der Waals surface area contributed by atoms with Gasteiger partial charge in [0.1, 0.15) is 6.61 Å². The summed E-state index contributed by atoms with van der Waals surface area (Å²) in [6.45, 7) is 2.71. The number of aliphatic carboxylic acids is 1. The molecule has 1 aliphatic carbocycles. The molecule has 1 N–H and O–H groups in total. The molecule has 5 nitrogen and oxygen atoms in total. The zero-order valence-corrected chi connectivity index (χ0v) is 16.7. The molecule has 0 aromatic heterocycles. The van der Waals surface area contributed by atoms with Crippen molar-refractivity contribution in [1.82, 2.24) is 4.90 Å². The smallest absolute Gasteiger partial charge is 0.307 e. The molecule has 2 aliphatic rings. The van der Waals surface area contributed by atoms with Gasteiger partial charge < -0.3 is 9.94 Å². The molecular weight excluding hydrogens is 364 g/mol. The van der Waals surface area contributed by atoms with Gasteiger partial charge in [-0.25, -0.2) is 0 Å². The Morgan fingerprint density at radius 1 is 1.10 bits per heavy atom. The fraction of sp³-hybridized carbons (Fsp3) is 0.417. The summed E-state index contributed by atoms with van der Waals surface area (Å²) in [6.07, 6.45) is 3.76. The number of fused-ring (bicyclic) bond motifs is 1. The third-order valence-corrected chi connectivity index (χ3v) is 6.04. The maximum Gasteiger partial charge on any atom is 0.307 e. The van der Waals surface area contributed by atoms with Crippen LogP contribution < -0.4 is 0 Å². The van der Waals surface area contributed by atoms with E-state index in [1.165, 1.54) is 16.7 Å². The quantitative estimate of drug-likeness (QED) is 0.598. The first kappa shape index (κ1) is 19.6. The van der Waals surface area contributed by atoms with Gasteiger partial charge in [0.05, 0.1) is 11.6 Å². The second kappa shape index (κ2) is 9.23. The van der Waals surface area contributed by atoms with Crippen LogP contribution in [-0.4, -0.2) is 47.9 Å². The minimum atomic E-state index is -0.694. The van der Waals surface area contributed by atoms with Crippen molar-refractivity contribution in [2.75, 3.05) is 26.2 Å². The molecule has 5 heteroatoms. The predicted octanol–water partition coefficient (Wildman–Crippen LogP) is 3.93. The number of nitrogens with zero attached hydrogens (tertiary/aromatic N) is 2. The van der Waals surface area contributed by atoms with E-state index in [1.807, 2.05) is 6.07 Å². The Kier molecular flexibility index (Phi) is 6.25. The van der Waals surface area contributed by atoms with Gasteiger partial charge in [-0.3, -0.25) is 9.69 Å². The molecule has 152 valence electrons. The molecule has 2 aromatic rings. The number of carbonyl (C=O) groups is 1. The van der Waals surface area contributed by atoms with E-state index < -0.39 is 5.97 Å². The number of carboxylic acids is 1. The van der Waals surface area contributed by atoms with E-state index in [9.17, 15) is 9.90 Å². The van der Waals surface area contributed by atoms with Crippen molar-refractivity contribution in [1.29, 1.82) is 0 Å². The number of piperidine rings is 1. The lowest BCUT2D eigenvalue weighted by molar-refractivity contribution is -0.143. The summed E-state index contributed by atoms with van der Waals surface area (Å²) < 4.78 is 0. The number of aryl methyl sites for hydroxylation is 1. The number of benzene rings is 2. The summed E-state index contributed by atoms with van der Waals surface area (Å²) in [5, 5.41) is 13.8. The highest BCUT2D eigenvalue weighted by molar-refractivity contribution is 6.06. The monoisotopic (exact) mass is 392 g/mol. The Labute approximate surface area is 172 Å². The van der Waals surface area contributed by atoms with Gasteiger partial charge in [-0.2, -0.15) is 0 Å². The molecule has 0 spiro atoms. The summed E-state index contributed by atoms with van der Waals surface area (Å²) in [4.78, 5) is 19.2. The number of likely N-dealkylation sites (tertiary alicyclic amines) is 1. The van der Waals surface area contributed by atoms with Crippen molar-refractivity contribution in [3.8, 4) is 0 Å². The molecule has 1 unspecified atom stereocenters. The Morgan fingerprint density at radius 3 is 2.72 bits per heavy atom. The summed E-state index contributed by atoms with van der Waals surface area (Å²) in [7, 11) is 0. The molecule has 1 heterocycles. The molecular formula is C24H28N2O3. The standard InChI is InChI=1S/C24H28N2O3/c27-24(28)20-10-6-14-26(17-20)15-16-29-25-23-21-11-5-4-9-19(21)12-13-22(23)18-7-2-1-3-8-18/h1-5,7-9,11,20,22H,6,10,12-17H2,(H,27,28)/b25-23+/t20-,22?/m1/s1. The van der Waals surface area contributed by atoms with E-state index in [2.05, 4.69) is 58.6 Å². The molecule has 2 atom stereocenters. The topological polar surface area (TPSA) is 62.1 Å². The van der Waals surface area contributed by atoms with Crippen LogP contribution in [0.3, 0.4) is 0 Å². The van der Waals surface area contributed by atoms with Gasteiger partial charge in [-0.05, 0) is 43.4 Å². The predicted molar refractivity (Wildman–Crippen MR) is 113 cm³/mol. The average molecular weight is 392 g/mol. The van der Waals surface area contributed by atoms with Crippen LogP contribution >= 0.6 is 0 Å². The van der Waals surface area contributed by atoms with Crippen molar-refractivity contribution in [3.05, 3.63) is 71.3 Å². The van der Waals surface area contributed by atoms with E-state index in [0.29, 0.717) is 19.7 Å². The van der Waals surface area contributed by atoms with Gasteiger partial charge in [0.2, 0.25) is 0 Å². The zero-order chi connectivity index (χ0) is 20.1. The van der Waals surface area contributed by atoms with E-state index in [4.69, 9.17) is 4.84 Å². The normalized spacial score (nSPS) is 23.5. The Bertz CT molecular complexity index is 865. The minimum Gasteiger partial charge on any atom is -0.481 e. The highest BCUT2D eigenvalue weighted by Gasteiger charge is 2.28. The summed E-state index contributed by atoms with van der Waals surface area (Å²) in [5.74, 6) is -0.722. The third-order valence-electron chi connectivity index (χ3n) is 6.04. The van der Waals surface area contributed by atoms with Crippen LogP contribution in [0.5, 0.6) is 0 Å². The van der Waals surface area contributed by atoms with Crippen LogP contribution in [0, 0.1) is 5.92 Å². The van der Waals surface area contributed by atoms with Gasteiger partial charge in [0, 0.05) is 24.6 Å². The highest BCUT2D eigenvalue weighted by atomic mass is 16.6. The summed E-state index contributed by atoms with van der Waals surface area (Å²) in [5.41, 5.74) is 4.77. The molecule has 0 radical (unpaired) electrons. The van der Waals surface area contributed by atoms with E-state index in [-0.39, 0.29) is 11.8 Å². The van der Waals surface area contributed by atoms with E-state index in [0.717, 1.165) is 37.9 Å². The van der Waals surface area contributed by atoms with Gasteiger partial charge in [-0.1, -0.05) is 59.8 Å². The zero-order valence-electron chi connectivity index (χ0n) is 16.7. The van der Waals surface area contributed by atoms with E-state index in [1.54, 1.807) is 0 Å². The van der Waals surface area contributed by atoms with Crippen molar-refractivity contribution < 1.29 is 14.7 Å². The maximum atomic E-state index is 11.2. The average Bonchev–Trinajstić information content (AvgIpc) is 2.77. The van der Waals surface area contributed by atoms with Crippen LogP contribution in [0.2, 0.25) is 0 Å². The number of hydrogen-bond acceptors (Lipinski definition) is 4. The van der Waals surface area contributed by atoms with Gasteiger partial charge >= 0.3 is 5.97 Å². The Morgan fingerprint density at radius 2 is 1.90 bits per heavy atom. The van der Waals surface area contributed by atoms with E-state index >= 15 is 0 Å². The lowest BCUT2D eigenvalue weighted by Gasteiger charge is -2.30. The lowest BCUT2D eigenvalue weighted by Crippen LogP contribution is -2.40. The second-order valence-corrected chi connectivity index (χ2v) is 7.95. The van der Waals surface area contributed by atoms with Crippen molar-refractivity contribution in [2.24, 2.45) is 11.1 Å². The largest absolute Gasteiger partial charge is 0.481 e. The number of oxime groups is 1. The maximum absolute atomic E-state index is 11.2.